The van der Waals surface area contributed by atoms with Crippen LogP contribution < -0.4 is 10.1 Å². The van der Waals surface area contributed by atoms with Crippen LogP contribution in [-0.4, -0.2) is 30.6 Å². The summed E-state index contributed by atoms with van der Waals surface area (Å²) >= 11 is 0. The molecule has 0 bridgehead atoms. The van der Waals surface area contributed by atoms with Gasteiger partial charge in [0.05, 0.1) is 12.6 Å². The molecule has 160 valence electrons. The fourth-order valence-electron chi connectivity index (χ4n) is 3.19. The van der Waals surface area contributed by atoms with Gasteiger partial charge in [-0.15, -0.1) is 13.2 Å². The SMILES string of the molecule is COCC(C)n1c(C)cc(/C=C(/C#N)C(=O)Nc2ccc(OC(F)(F)F)cc2)c1C. The Balaban J connectivity index is 2.20. The average molecular weight is 421 g/mol. The molecular weight excluding hydrogens is 399 g/mol. The van der Waals surface area contributed by atoms with E-state index in [-0.39, 0.29) is 17.3 Å². The smallest absolute Gasteiger partial charge is 0.406 e. The maximum Gasteiger partial charge on any atom is 0.573 e. The molecule has 0 aliphatic rings. The number of amides is 1. The van der Waals surface area contributed by atoms with Crippen molar-refractivity contribution in [2.24, 2.45) is 0 Å². The molecule has 1 heterocycles. The van der Waals surface area contributed by atoms with E-state index in [2.05, 4.69) is 14.6 Å². The van der Waals surface area contributed by atoms with Crippen molar-refractivity contribution in [1.29, 1.82) is 5.26 Å². The Morgan fingerprint density at radius 2 is 1.93 bits per heavy atom. The quantitative estimate of drug-likeness (QED) is 0.517. The number of alkyl halides is 3. The van der Waals surface area contributed by atoms with Crippen molar-refractivity contribution in [1.82, 2.24) is 4.57 Å². The highest BCUT2D eigenvalue weighted by Gasteiger charge is 2.31. The van der Waals surface area contributed by atoms with E-state index in [1.165, 1.54) is 18.2 Å². The van der Waals surface area contributed by atoms with Gasteiger partial charge >= 0.3 is 6.36 Å². The molecule has 0 aliphatic heterocycles. The van der Waals surface area contributed by atoms with Gasteiger partial charge < -0.3 is 19.4 Å². The van der Waals surface area contributed by atoms with Crippen LogP contribution in [0.5, 0.6) is 5.75 Å². The Bertz CT molecular complexity index is 970. The second kappa shape index (κ2) is 9.50. The Morgan fingerprint density at radius 3 is 2.47 bits per heavy atom. The summed E-state index contributed by atoms with van der Waals surface area (Å²) < 4.78 is 47.7. The molecule has 30 heavy (non-hydrogen) atoms. The molecule has 1 aromatic carbocycles. The first kappa shape index (κ1) is 23.0. The van der Waals surface area contributed by atoms with Gasteiger partial charge in [-0.05, 0) is 62.7 Å². The van der Waals surface area contributed by atoms with Gasteiger partial charge in [0.25, 0.3) is 5.91 Å². The summed E-state index contributed by atoms with van der Waals surface area (Å²) in [6, 6.07) is 8.47. The van der Waals surface area contributed by atoms with Crippen LogP contribution in [0.15, 0.2) is 35.9 Å². The predicted octanol–water partition coefficient (Wildman–Crippen LogP) is 4.76. The summed E-state index contributed by atoms with van der Waals surface area (Å²) in [5, 5.41) is 11.9. The summed E-state index contributed by atoms with van der Waals surface area (Å²) in [6.45, 7) is 6.32. The molecule has 1 aromatic heterocycles. The predicted molar refractivity (Wildman–Crippen MR) is 106 cm³/mol. The van der Waals surface area contributed by atoms with Crippen LogP contribution in [-0.2, 0) is 9.53 Å². The number of benzene rings is 1. The van der Waals surface area contributed by atoms with Crippen LogP contribution in [0.25, 0.3) is 6.08 Å². The molecule has 1 atom stereocenters. The number of methoxy groups -OCH3 is 1. The number of anilines is 1. The zero-order chi connectivity index (χ0) is 22.5. The van der Waals surface area contributed by atoms with Crippen molar-refractivity contribution in [3.05, 3.63) is 52.9 Å². The van der Waals surface area contributed by atoms with Gasteiger partial charge in [-0.2, -0.15) is 5.26 Å². The fraction of sp³-hybridized carbons (Fsp3) is 0.333. The van der Waals surface area contributed by atoms with Crippen molar-refractivity contribution in [2.75, 3.05) is 19.0 Å². The standard InChI is InChI=1S/C21H22F3N3O3/c1-13-9-16(15(3)27(13)14(2)12-29-4)10-17(11-25)20(28)26-18-5-7-19(8-6-18)30-21(22,23)24/h5-10,14H,12H2,1-4H3,(H,26,28)/b17-10-. The number of nitriles is 1. The number of hydrogen-bond acceptors (Lipinski definition) is 4. The summed E-state index contributed by atoms with van der Waals surface area (Å²) in [5.74, 6) is -1.08. The number of carbonyl (C=O) groups is 1. The first-order valence-electron chi connectivity index (χ1n) is 9.02. The van der Waals surface area contributed by atoms with Crippen LogP contribution >= 0.6 is 0 Å². The van der Waals surface area contributed by atoms with Crippen LogP contribution in [0.1, 0.15) is 29.9 Å². The summed E-state index contributed by atoms with van der Waals surface area (Å²) in [7, 11) is 1.62. The maximum absolute atomic E-state index is 12.5. The third-order valence-corrected chi connectivity index (χ3v) is 4.38. The molecule has 0 saturated carbocycles. The maximum atomic E-state index is 12.5. The Morgan fingerprint density at radius 1 is 1.30 bits per heavy atom. The number of nitrogens with one attached hydrogen (secondary N) is 1. The molecule has 6 nitrogen and oxygen atoms in total. The average Bonchev–Trinajstić information content (AvgIpc) is 2.93. The zero-order valence-electron chi connectivity index (χ0n) is 17.0. The van der Waals surface area contributed by atoms with Gasteiger partial charge in [0.1, 0.15) is 17.4 Å². The normalized spacial score (nSPS) is 12.9. The molecule has 1 amide bonds. The number of ether oxygens (including phenoxy) is 2. The number of aryl methyl sites for hydroxylation is 1. The molecule has 0 spiro atoms. The minimum Gasteiger partial charge on any atom is -0.406 e. The molecule has 0 radical (unpaired) electrons. The highest BCUT2D eigenvalue weighted by atomic mass is 19.4. The van der Waals surface area contributed by atoms with Crippen molar-refractivity contribution < 1.29 is 27.4 Å². The van der Waals surface area contributed by atoms with Crippen molar-refractivity contribution in [2.45, 2.75) is 33.2 Å². The third kappa shape index (κ3) is 5.87. The van der Waals surface area contributed by atoms with Crippen LogP contribution in [0, 0.1) is 25.2 Å². The van der Waals surface area contributed by atoms with E-state index < -0.39 is 18.0 Å². The van der Waals surface area contributed by atoms with Crippen LogP contribution in [0.2, 0.25) is 0 Å². The van der Waals surface area contributed by atoms with E-state index in [1.54, 1.807) is 7.11 Å². The third-order valence-electron chi connectivity index (χ3n) is 4.38. The lowest BCUT2D eigenvalue weighted by molar-refractivity contribution is -0.274. The number of rotatable bonds is 7. The molecule has 1 unspecified atom stereocenters. The molecule has 1 N–H and O–H groups in total. The lowest BCUT2D eigenvalue weighted by Gasteiger charge is -2.17. The van der Waals surface area contributed by atoms with E-state index in [4.69, 9.17) is 4.74 Å². The van der Waals surface area contributed by atoms with Gasteiger partial charge in [-0.25, -0.2) is 0 Å². The van der Waals surface area contributed by atoms with E-state index in [1.807, 2.05) is 32.9 Å². The number of halogens is 3. The van der Waals surface area contributed by atoms with E-state index in [0.29, 0.717) is 6.61 Å². The highest BCUT2D eigenvalue weighted by molar-refractivity contribution is 6.09. The van der Waals surface area contributed by atoms with E-state index in [0.717, 1.165) is 29.1 Å². The molecule has 0 saturated heterocycles. The first-order valence-corrected chi connectivity index (χ1v) is 9.02. The molecule has 2 aromatic rings. The lowest BCUT2D eigenvalue weighted by atomic mass is 10.1. The second-order valence-electron chi connectivity index (χ2n) is 6.70. The van der Waals surface area contributed by atoms with Gasteiger partial charge in [0, 0.05) is 24.2 Å². The highest BCUT2D eigenvalue weighted by Crippen LogP contribution is 2.25. The van der Waals surface area contributed by atoms with E-state index >= 15 is 0 Å². The van der Waals surface area contributed by atoms with E-state index in [9.17, 15) is 23.2 Å². The van der Waals surface area contributed by atoms with Crippen molar-refractivity contribution >= 4 is 17.7 Å². The van der Waals surface area contributed by atoms with Crippen LogP contribution in [0.4, 0.5) is 18.9 Å². The minimum absolute atomic E-state index is 0.0777. The number of nitrogens with zero attached hydrogens (tertiary/aromatic N) is 2. The second-order valence-corrected chi connectivity index (χ2v) is 6.70. The monoisotopic (exact) mass is 421 g/mol. The molecule has 2 rings (SSSR count). The van der Waals surface area contributed by atoms with Crippen molar-refractivity contribution in [3.8, 4) is 11.8 Å². The molecule has 0 fully saturated rings. The number of carbonyl (C=O) groups excluding carboxylic acids is 1. The van der Waals surface area contributed by atoms with Gasteiger partial charge in [0.15, 0.2) is 0 Å². The topological polar surface area (TPSA) is 76.3 Å². The lowest BCUT2D eigenvalue weighted by Crippen LogP contribution is -2.17. The Kier molecular flexibility index (Phi) is 7.29. The minimum atomic E-state index is -4.80. The van der Waals surface area contributed by atoms with Crippen LogP contribution in [0.3, 0.4) is 0 Å². The zero-order valence-corrected chi connectivity index (χ0v) is 17.0. The largest absolute Gasteiger partial charge is 0.573 e. The fourth-order valence-corrected chi connectivity index (χ4v) is 3.19. The Labute approximate surface area is 172 Å². The summed E-state index contributed by atoms with van der Waals surface area (Å²) in [6.07, 6.45) is -3.32. The Hall–Kier alpha value is -3.25. The summed E-state index contributed by atoms with van der Waals surface area (Å²) in [4.78, 5) is 12.5. The first-order chi connectivity index (χ1) is 14.1. The van der Waals surface area contributed by atoms with Gasteiger partial charge in [-0.1, -0.05) is 0 Å². The molecule has 0 aliphatic carbocycles. The van der Waals surface area contributed by atoms with Gasteiger partial charge in [-0.3, -0.25) is 4.79 Å². The van der Waals surface area contributed by atoms with Gasteiger partial charge in [0.2, 0.25) is 0 Å². The molecular formula is C21H22F3N3O3. The number of aromatic nitrogens is 1. The number of hydrogen-bond donors (Lipinski definition) is 1. The van der Waals surface area contributed by atoms with Crippen molar-refractivity contribution in [3.63, 3.8) is 0 Å². The molecule has 9 heteroatoms. The summed E-state index contributed by atoms with van der Waals surface area (Å²) in [5.41, 5.74) is 2.66.